The molecule has 2 nitrogen and oxygen atoms in total. The minimum atomic E-state index is 0.567. The maximum atomic E-state index is 3.81. The van der Waals surface area contributed by atoms with Crippen molar-refractivity contribution < 1.29 is 0 Å². The minimum Gasteiger partial charge on any atom is -0.317 e. The second-order valence-corrected chi connectivity index (χ2v) is 4.99. The van der Waals surface area contributed by atoms with Crippen LogP contribution in [0.3, 0.4) is 0 Å². The van der Waals surface area contributed by atoms with Crippen LogP contribution in [0.15, 0.2) is 12.7 Å². The summed E-state index contributed by atoms with van der Waals surface area (Å²) >= 11 is 0. The van der Waals surface area contributed by atoms with Gasteiger partial charge in [0.25, 0.3) is 0 Å². The molecule has 0 unspecified atom stereocenters. The van der Waals surface area contributed by atoms with Gasteiger partial charge in [-0.15, -0.1) is 6.58 Å². The molecular weight excluding hydrogens is 184 g/mol. The van der Waals surface area contributed by atoms with Gasteiger partial charge in [0, 0.05) is 13.1 Å². The Morgan fingerprint density at radius 2 is 2.07 bits per heavy atom. The van der Waals surface area contributed by atoms with Gasteiger partial charge in [-0.25, -0.2) is 0 Å². The van der Waals surface area contributed by atoms with Gasteiger partial charge in [-0.1, -0.05) is 19.4 Å². The number of likely N-dealkylation sites (N-methyl/N-ethyl adjacent to an activating group) is 1. The van der Waals surface area contributed by atoms with E-state index in [-0.39, 0.29) is 0 Å². The monoisotopic (exact) mass is 210 g/mol. The fraction of sp³-hybridized carbons (Fsp3) is 0.846. The number of hydrogen-bond donors (Lipinski definition) is 1. The van der Waals surface area contributed by atoms with Gasteiger partial charge < -0.3 is 10.2 Å². The molecule has 0 radical (unpaired) electrons. The number of nitrogens with one attached hydrogen (secondary N) is 1. The van der Waals surface area contributed by atoms with Crippen LogP contribution in [0.4, 0.5) is 0 Å². The summed E-state index contributed by atoms with van der Waals surface area (Å²) in [5.74, 6) is 0. The van der Waals surface area contributed by atoms with Gasteiger partial charge in [0.1, 0.15) is 0 Å². The van der Waals surface area contributed by atoms with Gasteiger partial charge in [-0.3, -0.25) is 0 Å². The Morgan fingerprint density at radius 1 is 1.40 bits per heavy atom. The van der Waals surface area contributed by atoms with Crippen LogP contribution < -0.4 is 5.32 Å². The molecule has 0 aliphatic carbocycles. The summed E-state index contributed by atoms with van der Waals surface area (Å²) in [4.78, 5) is 2.41. The van der Waals surface area contributed by atoms with E-state index in [9.17, 15) is 0 Å². The zero-order valence-electron chi connectivity index (χ0n) is 10.4. The first-order chi connectivity index (χ1) is 7.22. The second kappa shape index (κ2) is 6.29. The molecule has 1 aliphatic heterocycles. The average molecular weight is 210 g/mol. The quantitative estimate of drug-likeness (QED) is 0.677. The van der Waals surface area contributed by atoms with Gasteiger partial charge in [0.2, 0.25) is 0 Å². The van der Waals surface area contributed by atoms with Crippen molar-refractivity contribution in [3.8, 4) is 0 Å². The highest BCUT2D eigenvalue weighted by Crippen LogP contribution is 2.34. The molecule has 15 heavy (non-hydrogen) atoms. The summed E-state index contributed by atoms with van der Waals surface area (Å²) in [5.41, 5.74) is 0.567. The largest absolute Gasteiger partial charge is 0.317 e. The number of nitrogens with zero attached hydrogens (tertiary/aromatic N) is 1. The molecule has 0 spiro atoms. The van der Waals surface area contributed by atoms with Crippen molar-refractivity contribution in [3.05, 3.63) is 12.7 Å². The lowest BCUT2D eigenvalue weighted by atomic mass is 9.75. The number of piperidine rings is 1. The highest BCUT2D eigenvalue weighted by Gasteiger charge is 2.31. The predicted octanol–water partition coefficient (Wildman–Crippen LogP) is 2.27. The Bertz CT molecular complexity index is 177. The highest BCUT2D eigenvalue weighted by molar-refractivity contribution is 4.87. The highest BCUT2D eigenvalue weighted by atomic mass is 15.1. The summed E-state index contributed by atoms with van der Waals surface area (Å²) in [6.45, 7) is 10.7. The normalized spacial score (nSPS) is 20.5. The van der Waals surface area contributed by atoms with Crippen molar-refractivity contribution in [1.82, 2.24) is 10.2 Å². The SMILES string of the molecule is C=CCN(C)CC1(CCC)CCNCC1. The molecule has 1 heterocycles. The lowest BCUT2D eigenvalue weighted by Crippen LogP contribution is -2.43. The Hall–Kier alpha value is -0.340. The third-order valence-corrected chi connectivity index (χ3v) is 3.49. The molecule has 1 saturated heterocycles. The molecule has 0 aromatic rings. The van der Waals surface area contributed by atoms with Crippen LogP contribution in [-0.2, 0) is 0 Å². The maximum absolute atomic E-state index is 3.81. The van der Waals surface area contributed by atoms with E-state index in [0.29, 0.717) is 5.41 Å². The maximum Gasteiger partial charge on any atom is 0.0157 e. The van der Waals surface area contributed by atoms with E-state index < -0.39 is 0 Å². The van der Waals surface area contributed by atoms with Crippen LogP contribution in [0.25, 0.3) is 0 Å². The molecule has 0 bridgehead atoms. The molecule has 0 aromatic heterocycles. The van der Waals surface area contributed by atoms with Gasteiger partial charge >= 0.3 is 0 Å². The fourth-order valence-corrected chi connectivity index (χ4v) is 2.83. The van der Waals surface area contributed by atoms with Gasteiger partial charge in [0.05, 0.1) is 0 Å². The average Bonchev–Trinajstić information content (AvgIpc) is 2.19. The van der Waals surface area contributed by atoms with Crippen LogP contribution in [0.2, 0.25) is 0 Å². The van der Waals surface area contributed by atoms with Crippen molar-refractivity contribution in [2.24, 2.45) is 5.41 Å². The number of hydrogen-bond acceptors (Lipinski definition) is 2. The lowest BCUT2D eigenvalue weighted by Gasteiger charge is -2.40. The van der Waals surface area contributed by atoms with Gasteiger partial charge in [0.15, 0.2) is 0 Å². The molecule has 1 fully saturated rings. The van der Waals surface area contributed by atoms with E-state index in [1.807, 2.05) is 6.08 Å². The van der Waals surface area contributed by atoms with Crippen molar-refractivity contribution in [3.63, 3.8) is 0 Å². The minimum absolute atomic E-state index is 0.567. The van der Waals surface area contributed by atoms with Gasteiger partial charge in [-0.2, -0.15) is 0 Å². The van der Waals surface area contributed by atoms with E-state index in [1.54, 1.807) is 0 Å². The van der Waals surface area contributed by atoms with Crippen molar-refractivity contribution in [2.45, 2.75) is 32.6 Å². The first-order valence-corrected chi connectivity index (χ1v) is 6.22. The first-order valence-electron chi connectivity index (χ1n) is 6.22. The zero-order valence-corrected chi connectivity index (χ0v) is 10.4. The summed E-state index contributed by atoms with van der Waals surface area (Å²) in [5, 5.41) is 3.46. The fourth-order valence-electron chi connectivity index (χ4n) is 2.83. The van der Waals surface area contributed by atoms with Crippen LogP contribution in [0.1, 0.15) is 32.6 Å². The molecule has 0 amide bonds. The van der Waals surface area contributed by atoms with Crippen molar-refractivity contribution in [1.29, 1.82) is 0 Å². The van der Waals surface area contributed by atoms with E-state index in [0.717, 1.165) is 6.54 Å². The van der Waals surface area contributed by atoms with E-state index in [2.05, 4.69) is 30.8 Å². The molecule has 88 valence electrons. The smallest absolute Gasteiger partial charge is 0.0157 e. The summed E-state index contributed by atoms with van der Waals surface area (Å²) in [6.07, 6.45) is 7.35. The third-order valence-electron chi connectivity index (χ3n) is 3.49. The molecular formula is C13H26N2. The van der Waals surface area contributed by atoms with Crippen molar-refractivity contribution >= 4 is 0 Å². The Labute approximate surface area is 94.7 Å². The van der Waals surface area contributed by atoms with Crippen LogP contribution in [0.5, 0.6) is 0 Å². The zero-order chi connectivity index (χ0) is 11.1. The number of rotatable bonds is 6. The van der Waals surface area contributed by atoms with Crippen LogP contribution in [-0.4, -0.2) is 38.1 Å². The van der Waals surface area contributed by atoms with Crippen LogP contribution >= 0.6 is 0 Å². The Kier molecular flexibility index (Phi) is 5.34. The summed E-state index contributed by atoms with van der Waals surface area (Å²) in [7, 11) is 2.21. The standard InChI is InChI=1S/C13H26N2/c1-4-6-13(7-9-14-10-8-13)12-15(3)11-5-2/h5,14H,2,4,6-12H2,1,3H3. The van der Waals surface area contributed by atoms with E-state index in [1.165, 1.54) is 45.3 Å². The van der Waals surface area contributed by atoms with Crippen LogP contribution in [0, 0.1) is 5.41 Å². The molecule has 0 saturated carbocycles. The Morgan fingerprint density at radius 3 is 2.60 bits per heavy atom. The summed E-state index contributed by atoms with van der Waals surface area (Å²) in [6, 6.07) is 0. The molecule has 1 aliphatic rings. The first kappa shape index (κ1) is 12.7. The third kappa shape index (κ3) is 3.96. The Balaban J connectivity index is 2.50. The molecule has 0 atom stereocenters. The van der Waals surface area contributed by atoms with E-state index >= 15 is 0 Å². The van der Waals surface area contributed by atoms with Crippen molar-refractivity contribution in [2.75, 3.05) is 33.2 Å². The molecule has 0 aromatic carbocycles. The molecule has 1 rings (SSSR count). The molecule has 1 N–H and O–H groups in total. The molecule has 2 heteroatoms. The second-order valence-electron chi connectivity index (χ2n) is 4.99. The lowest BCUT2D eigenvalue weighted by molar-refractivity contribution is 0.122. The van der Waals surface area contributed by atoms with E-state index in [4.69, 9.17) is 0 Å². The summed E-state index contributed by atoms with van der Waals surface area (Å²) < 4.78 is 0. The van der Waals surface area contributed by atoms with Gasteiger partial charge in [-0.05, 0) is 44.8 Å². The predicted molar refractivity (Wildman–Crippen MR) is 67.1 cm³/mol. The topological polar surface area (TPSA) is 15.3 Å².